The van der Waals surface area contributed by atoms with Crippen molar-refractivity contribution in [3.63, 3.8) is 0 Å². The highest BCUT2D eigenvalue weighted by Crippen LogP contribution is 2.25. The summed E-state index contributed by atoms with van der Waals surface area (Å²) in [5.41, 5.74) is 7.52. The fourth-order valence-electron chi connectivity index (χ4n) is 1.77. The molecule has 2 aromatic rings. The fraction of sp³-hybridized carbons (Fsp3) is 0.273. The number of benzene rings is 1. The molecule has 2 N–H and O–H groups in total. The van der Waals surface area contributed by atoms with E-state index in [0.29, 0.717) is 15.9 Å². The smallest absolute Gasteiger partial charge is 0.175 e. The minimum Gasteiger partial charge on any atom is -0.319 e. The van der Waals surface area contributed by atoms with Gasteiger partial charge in [0.25, 0.3) is 0 Å². The fourth-order valence-corrected chi connectivity index (χ4v) is 3.02. The van der Waals surface area contributed by atoms with Gasteiger partial charge in [-0.25, -0.2) is 13.1 Å². The van der Waals surface area contributed by atoms with Crippen molar-refractivity contribution in [3.05, 3.63) is 40.1 Å². The van der Waals surface area contributed by atoms with Crippen LogP contribution in [0.1, 0.15) is 17.3 Å². The first-order valence-corrected chi connectivity index (χ1v) is 8.10. The first kappa shape index (κ1) is 14.2. The van der Waals surface area contributed by atoms with Crippen LogP contribution in [0.15, 0.2) is 33.8 Å². The Hall–Kier alpha value is -1.25. The van der Waals surface area contributed by atoms with Crippen LogP contribution in [0.5, 0.6) is 0 Å². The molecule has 0 spiro atoms. The molecule has 0 fully saturated rings. The number of rotatable bonds is 3. The van der Waals surface area contributed by atoms with Gasteiger partial charge in [-0.1, -0.05) is 17.3 Å². The molecule has 102 valence electrons. The molecule has 0 saturated heterocycles. The Bertz CT molecular complexity index is 692. The van der Waals surface area contributed by atoms with Gasteiger partial charge in [0.05, 0.1) is 16.6 Å². The largest absolute Gasteiger partial charge is 0.319 e. The molecule has 6 nitrogen and oxygen atoms in total. The summed E-state index contributed by atoms with van der Waals surface area (Å²) in [6.45, 7) is 0. The van der Waals surface area contributed by atoms with Crippen LogP contribution in [0.4, 0.5) is 0 Å². The van der Waals surface area contributed by atoms with Crippen LogP contribution in [-0.2, 0) is 16.9 Å². The minimum absolute atomic E-state index is 0.242. The highest BCUT2D eigenvalue weighted by atomic mass is 79.9. The van der Waals surface area contributed by atoms with E-state index in [1.54, 1.807) is 36.0 Å². The third-order valence-electron chi connectivity index (χ3n) is 2.77. The van der Waals surface area contributed by atoms with Crippen molar-refractivity contribution in [2.45, 2.75) is 10.9 Å². The van der Waals surface area contributed by atoms with Crippen molar-refractivity contribution < 1.29 is 8.42 Å². The van der Waals surface area contributed by atoms with Gasteiger partial charge in [0, 0.05) is 13.3 Å². The molecule has 0 aliphatic heterocycles. The van der Waals surface area contributed by atoms with Gasteiger partial charge in [0.2, 0.25) is 0 Å². The molecule has 1 heterocycles. The van der Waals surface area contributed by atoms with Crippen LogP contribution in [0.2, 0.25) is 0 Å². The average molecular weight is 345 g/mol. The topological polar surface area (TPSA) is 90.9 Å². The Morgan fingerprint density at radius 2 is 2.11 bits per heavy atom. The molecule has 0 aliphatic carbocycles. The van der Waals surface area contributed by atoms with Crippen LogP contribution in [0.25, 0.3) is 0 Å². The second-order valence-corrected chi connectivity index (χ2v) is 6.98. The molecule has 2 rings (SSSR count). The number of halogens is 1. The Labute approximate surface area is 119 Å². The molecule has 0 radical (unpaired) electrons. The summed E-state index contributed by atoms with van der Waals surface area (Å²) in [7, 11) is -1.52. The lowest BCUT2D eigenvalue weighted by molar-refractivity contribution is 0.601. The predicted molar refractivity (Wildman–Crippen MR) is 74.3 cm³/mol. The third kappa shape index (κ3) is 2.85. The van der Waals surface area contributed by atoms with E-state index in [1.807, 2.05) is 0 Å². The molecular weight excluding hydrogens is 332 g/mol. The molecule has 1 aromatic carbocycles. The lowest BCUT2D eigenvalue weighted by Gasteiger charge is -2.13. The van der Waals surface area contributed by atoms with Gasteiger partial charge < -0.3 is 5.73 Å². The van der Waals surface area contributed by atoms with E-state index in [4.69, 9.17) is 5.73 Å². The van der Waals surface area contributed by atoms with Crippen molar-refractivity contribution in [2.75, 3.05) is 6.26 Å². The number of nitrogens with zero attached hydrogens (tertiary/aromatic N) is 3. The molecule has 0 aliphatic rings. The first-order chi connectivity index (χ1) is 8.80. The molecule has 0 amide bonds. The highest BCUT2D eigenvalue weighted by molar-refractivity contribution is 9.10. The zero-order valence-corrected chi connectivity index (χ0v) is 12.8. The number of hydrogen-bond acceptors (Lipinski definition) is 5. The van der Waals surface area contributed by atoms with Crippen LogP contribution >= 0.6 is 15.9 Å². The average Bonchev–Trinajstić information content (AvgIpc) is 2.67. The quantitative estimate of drug-likeness (QED) is 0.897. The predicted octanol–water partition coefficient (Wildman–Crippen LogP) is 1.03. The van der Waals surface area contributed by atoms with Crippen LogP contribution < -0.4 is 5.73 Å². The number of nitrogens with two attached hydrogens (primary N) is 1. The third-order valence-corrected chi connectivity index (χ3v) is 4.44. The molecular formula is C11H13BrN4O2S. The first-order valence-electron chi connectivity index (χ1n) is 5.41. The number of sulfone groups is 1. The number of aromatic nitrogens is 3. The Morgan fingerprint density at radius 3 is 2.63 bits per heavy atom. The monoisotopic (exact) mass is 344 g/mol. The van der Waals surface area contributed by atoms with Gasteiger partial charge in [-0.3, -0.25) is 0 Å². The molecule has 8 heteroatoms. The molecule has 0 bridgehead atoms. The van der Waals surface area contributed by atoms with Crippen molar-refractivity contribution in [1.29, 1.82) is 0 Å². The lowest BCUT2D eigenvalue weighted by Crippen LogP contribution is -2.17. The van der Waals surface area contributed by atoms with Crippen LogP contribution in [0.3, 0.4) is 0 Å². The molecule has 1 atom stereocenters. The van der Waals surface area contributed by atoms with Gasteiger partial charge in [0.15, 0.2) is 14.4 Å². The highest BCUT2D eigenvalue weighted by Gasteiger charge is 2.19. The number of aryl methyl sites for hydroxylation is 1. The molecule has 0 saturated carbocycles. The normalized spacial score (nSPS) is 13.5. The number of hydrogen-bond donors (Lipinski definition) is 1. The summed E-state index contributed by atoms with van der Waals surface area (Å²) >= 11 is 3.28. The summed E-state index contributed by atoms with van der Waals surface area (Å²) < 4.78 is 25.2. The summed E-state index contributed by atoms with van der Waals surface area (Å²) in [5.74, 6) is 0. The van der Waals surface area contributed by atoms with E-state index >= 15 is 0 Å². The van der Waals surface area contributed by atoms with Gasteiger partial charge in [-0.15, -0.1) is 5.10 Å². The van der Waals surface area contributed by atoms with Gasteiger partial charge in [0.1, 0.15) is 0 Å². The second-order valence-electron chi connectivity index (χ2n) is 4.21. The SMILES string of the molecule is Cn1nnc(Br)c1C(N)c1cccc(S(C)(=O)=O)c1. The van der Waals surface area contributed by atoms with Crippen molar-refractivity contribution >= 4 is 25.8 Å². The van der Waals surface area contributed by atoms with E-state index in [-0.39, 0.29) is 4.90 Å². The maximum absolute atomic E-state index is 11.5. The lowest BCUT2D eigenvalue weighted by atomic mass is 10.1. The molecule has 19 heavy (non-hydrogen) atoms. The van der Waals surface area contributed by atoms with Crippen LogP contribution in [-0.4, -0.2) is 29.7 Å². The maximum atomic E-state index is 11.5. The Balaban J connectivity index is 2.49. The van der Waals surface area contributed by atoms with Gasteiger partial charge >= 0.3 is 0 Å². The van der Waals surface area contributed by atoms with E-state index in [9.17, 15) is 8.42 Å². The standard InChI is InChI=1S/C11H13BrN4O2S/c1-16-10(11(12)14-15-16)9(13)7-4-3-5-8(6-7)19(2,17)18/h3-6,9H,13H2,1-2H3. The van der Waals surface area contributed by atoms with E-state index in [1.165, 1.54) is 6.26 Å². The van der Waals surface area contributed by atoms with E-state index < -0.39 is 15.9 Å². The van der Waals surface area contributed by atoms with Crippen molar-refractivity contribution in [2.24, 2.45) is 12.8 Å². The Morgan fingerprint density at radius 1 is 1.42 bits per heavy atom. The van der Waals surface area contributed by atoms with Gasteiger partial charge in [-0.2, -0.15) is 0 Å². The van der Waals surface area contributed by atoms with Crippen LogP contribution in [0, 0.1) is 0 Å². The minimum atomic E-state index is -3.25. The van der Waals surface area contributed by atoms with Gasteiger partial charge in [-0.05, 0) is 33.6 Å². The summed E-state index contributed by atoms with van der Waals surface area (Å²) in [4.78, 5) is 0.242. The summed E-state index contributed by atoms with van der Waals surface area (Å²) in [5, 5.41) is 7.72. The zero-order chi connectivity index (χ0) is 14.2. The van der Waals surface area contributed by atoms with E-state index in [2.05, 4.69) is 26.2 Å². The van der Waals surface area contributed by atoms with E-state index in [0.717, 1.165) is 0 Å². The second kappa shape index (κ2) is 5.03. The Kier molecular flexibility index (Phi) is 3.75. The zero-order valence-electron chi connectivity index (χ0n) is 10.4. The summed E-state index contributed by atoms with van der Waals surface area (Å²) in [6, 6.07) is 6.06. The molecule has 1 aromatic heterocycles. The maximum Gasteiger partial charge on any atom is 0.175 e. The molecule has 1 unspecified atom stereocenters. The van der Waals surface area contributed by atoms with Crippen molar-refractivity contribution in [1.82, 2.24) is 15.0 Å². The summed E-state index contributed by atoms with van der Waals surface area (Å²) in [6.07, 6.45) is 1.17. The van der Waals surface area contributed by atoms with Crippen molar-refractivity contribution in [3.8, 4) is 0 Å².